The Kier molecular flexibility index (Phi) is 3.37. The number of allylic oxidation sites excluding steroid dienone is 2. The highest BCUT2D eigenvalue weighted by molar-refractivity contribution is 5.05. The standard InChI is InChI=1S/C10H16O/c1-9-4-3-5-10(2)8-11-7-6-9/h5-6H,3-4,7-8H2,1-2H3/b9-6-,10-5+. The zero-order chi connectivity index (χ0) is 8.10. The maximum absolute atomic E-state index is 5.39. The normalized spacial score (nSPS) is 30.4. The highest BCUT2D eigenvalue weighted by Crippen LogP contribution is 2.09. The van der Waals surface area contributed by atoms with Crippen molar-refractivity contribution < 1.29 is 4.74 Å². The lowest BCUT2D eigenvalue weighted by atomic mass is 10.1. The molecule has 1 rings (SSSR count). The minimum absolute atomic E-state index is 0.775. The highest BCUT2D eigenvalue weighted by atomic mass is 16.5. The van der Waals surface area contributed by atoms with E-state index in [9.17, 15) is 0 Å². The molecule has 0 radical (unpaired) electrons. The van der Waals surface area contributed by atoms with Crippen molar-refractivity contribution in [1.29, 1.82) is 0 Å². The van der Waals surface area contributed by atoms with Crippen LogP contribution in [0.4, 0.5) is 0 Å². The maximum atomic E-state index is 5.39. The minimum atomic E-state index is 0.775. The molecule has 0 amide bonds. The molecule has 0 saturated heterocycles. The first kappa shape index (κ1) is 8.54. The van der Waals surface area contributed by atoms with Gasteiger partial charge in [-0.1, -0.05) is 23.3 Å². The molecule has 0 aromatic carbocycles. The van der Waals surface area contributed by atoms with Gasteiger partial charge >= 0.3 is 0 Å². The minimum Gasteiger partial charge on any atom is -0.373 e. The van der Waals surface area contributed by atoms with Crippen LogP contribution in [0, 0.1) is 0 Å². The summed E-state index contributed by atoms with van der Waals surface area (Å²) in [5.74, 6) is 0. The quantitative estimate of drug-likeness (QED) is 0.485. The van der Waals surface area contributed by atoms with Gasteiger partial charge in [0, 0.05) is 0 Å². The van der Waals surface area contributed by atoms with E-state index < -0.39 is 0 Å². The van der Waals surface area contributed by atoms with Crippen molar-refractivity contribution in [3.63, 3.8) is 0 Å². The van der Waals surface area contributed by atoms with Gasteiger partial charge in [-0.05, 0) is 26.7 Å². The van der Waals surface area contributed by atoms with Gasteiger partial charge in [-0.2, -0.15) is 0 Å². The van der Waals surface area contributed by atoms with Gasteiger partial charge in [-0.15, -0.1) is 0 Å². The van der Waals surface area contributed by atoms with Crippen LogP contribution >= 0.6 is 0 Å². The van der Waals surface area contributed by atoms with E-state index in [4.69, 9.17) is 4.74 Å². The van der Waals surface area contributed by atoms with Crippen LogP contribution in [-0.4, -0.2) is 13.2 Å². The molecule has 62 valence electrons. The van der Waals surface area contributed by atoms with E-state index in [-0.39, 0.29) is 0 Å². The monoisotopic (exact) mass is 152 g/mol. The zero-order valence-electron chi connectivity index (χ0n) is 7.39. The summed E-state index contributed by atoms with van der Waals surface area (Å²) in [7, 11) is 0. The summed E-state index contributed by atoms with van der Waals surface area (Å²) in [6, 6.07) is 0. The van der Waals surface area contributed by atoms with E-state index in [0.29, 0.717) is 0 Å². The molecule has 1 heteroatoms. The first-order valence-corrected chi connectivity index (χ1v) is 4.18. The molecule has 1 aliphatic rings. The van der Waals surface area contributed by atoms with Crippen LogP contribution in [0.5, 0.6) is 0 Å². The average Bonchev–Trinajstić information content (AvgIpc) is 2.04. The van der Waals surface area contributed by atoms with E-state index >= 15 is 0 Å². The number of rotatable bonds is 0. The first-order valence-electron chi connectivity index (χ1n) is 4.18. The van der Waals surface area contributed by atoms with Crippen LogP contribution in [0.1, 0.15) is 26.7 Å². The Bertz CT molecular complexity index is 177. The van der Waals surface area contributed by atoms with Crippen LogP contribution in [-0.2, 0) is 4.74 Å². The Morgan fingerprint density at radius 3 is 2.82 bits per heavy atom. The summed E-state index contributed by atoms with van der Waals surface area (Å²) >= 11 is 0. The number of ether oxygens (including phenoxy) is 1. The Hall–Kier alpha value is -0.560. The molecule has 0 N–H and O–H groups in total. The lowest BCUT2D eigenvalue weighted by Gasteiger charge is -1.98. The fourth-order valence-electron chi connectivity index (χ4n) is 1.13. The smallest absolute Gasteiger partial charge is 0.0678 e. The van der Waals surface area contributed by atoms with Crippen LogP contribution < -0.4 is 0 Å². The molecule has 11 heavy (non-hydrogen) atoms. The third-order valence-corrected chi connectivity index (χ3v) is 1.91. The van der Waals surface area contributed by atoms with Gasteiger partial charge in [0.1, 0.15) is 0 Å². The van der Waals surface area contributed by atoms with E-state index in [2.05, 4.69) is 26.0 Å². The summed E-state index contributed by atoms with van der Waals surface area (Å²) in [6.45, 7) is 5.86. The Morgan fingerprint density at radius 1 is 1.18 bits per heavy atom. The summed E-state index contributed by atoms with van der Waals surface area (Å²) in [5, 5.41) is 0. The zero-order valence-corrected chi connectivity index (χ0v) is 7.39. The van der Waals surface area contributed by atoms with Crippen molar-refractivity contribution in [1.82, 2.24) is 0 Å². The molecule has 0 aromatic rings. The van der Waals surface area contributed by atoms with Crippen LogP contribution in [0.3, 0.4) is 0 Å². The topological polar surface area (TPSA) is 9.23 Å². The van der Waals surface area contributed by atoms with E-state index in [1.165, 1.54) is 17.6 Å². The second kappa shape index (κ2) is 4.35. The lowest BCUT2D eigenvalue weighted by molar-refractivity contribution is 0.186. The van der Waals surface area contributed by atoms with Crippen molar-refractivity contribution >= 4 is 0 Å². The van der Waals surface area contributed by atoms with Crippen molar-refractivity contribution in [3.8, 4) is 0 Å². The van der Waals surface area contributed by atoms with Gasteiger partial charge < -0.3 is 4.74 Å². The van der Waals surface area contributed by atoms with Gasteiger partial charge in [0.05, 0.1) is 13.2 Å². The molecular formula is C10H16O. The molecule has 0 unspecified atom stereocenters. The van der Waals surface area contributed by atoms with E-state index in [1.807, 2.05) is 0 Å². The van der Waals surface area contributed by atoms with E-state index in [1.54, 1.807) is 0 Å². The van der Waals surface area contributed by atoms with E-state index in [0.717, 1.165) is 19.6 Å². The van der Waals surface area contributed by atoms with Gasteiger partial charge in [-0.25, -0.2) is 0 Å². The highest BCUT2D eigenvalue weighted by Gasteiger charge is 1.95. The van der Waals surface area contributed by atoms with Crippen molar-refractivity contribution in [3.05, 3.63) is 23.3 Å². The van der Waals surface area contributed by atoms with Crippen LogP contribution in [0.2, 0.25) is 0 Å². The molecule has 1 aliphatic heterocycles. The van der Waals surface area contributed by atoms with Gasteiger partial charge in [0.15, 0.2) is 0 Å². The summed E-state index contributed by atoms with van der Waals surface area (Å²) in [6.07, 6.45) is 6.79. The molecule has 0 spiro atoms. The van der Waals surface area contributed by atoms with Crippen LogP contribution in [0.25, 0.3) is 0 Å². The third-order valence-electron chi connectivity index (χ3n) is 1.91. The third kappa shape index (κ3) is 3.38. The van der Waals surface area contributed by atoms with Gasteiger partial charge in [0.2, 0.25) is 0 Å². The maximum Gasteiger partial charge on any atom is 0.0678 e. The molecule has 0 bridgehead atoms. The summed E-state index contributed by atoms with van der Waals surface area (Å²) in [4.78, 5) is 0. The number of hydrogen-bond acceptors (Lipinski definition) is 1. The summed E-state index contributed by atoms with van der Waals surface area (Å²) < 4.78 is 5.39. The number of hydrogen-bond donors (Lipinski definition) is 0. The fraction of sp³-hybridized carbons (Fsp3) is 0.600. The molecule has 0 fully saturated rings. The van der Waals surface area contributed by atoms with Crippen molar-refractivity contribution in [2.45, 2.75) is 26.7 Å². The largest absolute Gasteiger partial charge is 0.373 e. The lowest BCUT2D eigenvalue weighted by Crippen LogP contribution is -1.94. The second-order valence-corrected chi connectivity index (χ2v) is 3.15. The van der Waals surface area contributed by atoms with Gasteiger partial charge in [-0.3, -0.25) is 0 Å². The first-order chi connectivity index (χ1) is 5.29. The van der Waals surface area contributed by atoms with Gasteiger partial charge in [0.25, 0.3) is 0 Å². The Labute approximate surface area is 68.8 Å². The molecule has 1 nitrogen and oxygen atoms in total. The molecule has 0 aromatic heterocycles. The molecule has 0 atom stereocenters. The molecule has 0 saturated carbocycles. The molecule has 1 heterocycles. The average molecular weight is 152 g/mol. The Morgan fingerprint density at radius 2 is 2.00 bits per heavy atom. The fourth-order valence-corrected chi connectivity index (χ4v) is 1.13. The molecule has 0 aliphatic carbocycles. The predicted octanol–water partition coefficient (Wildman–Crippen LogP) is 2.69. The summed E-state index contributed by atoms with van der Waals surface area (Å²) in [5.41, 5.74) is 2.80. The van der Waals surface area contributed by atoms with Crippen molar-refractivity contribution in [2.24, 2.45) is 0 Å². The second-order valence-electron chi connectivity index (χ2n) is 3.15. The van der Waals surface area contributed by atoms with Crippen molar-refractivity contribution in [2.75, 3.05) is 13.2 Å². The Balaban J connectivity index is 2.49. The molecular weight excluding hydrogens is 136 g/mol. The van der Waals surface area contributed by atoms with Crippen LogP contribution in [0.15, 0.2) is 23.3 Å². The SMILES string of the molecule is C/C1=C/COC/C(C)=C/CC1. The predicted molar refractivity (Wildman–Crippen MR) is 47.6 cm³/mol.